The molecular weight excluding hydrogens is 358 g/mol. The molecule has 2 aromatic rings. The van der Waals surface area contributed by atoms with Crippen molar-refractivity contribution in [3.8, 4) is 11.5 Å². The fourth-order valence-electron chi connectivity index (χ4n) is 1.89. The minimum Gasteiger partial charge on any atom is -0.497 e. The maximum atomic E-state index is 12.4. The average Bonchev–Trinajstić information content (AvgIpc) is 2.55. The van der Waals surface area contributed by atoms with Crippen LogP contribution in [0.25, 0.3) is 0 Å². The Bertz CT molecular complexity index is 859. The first-order valence-corrected chi connectivity index (χ1v) is 8.38. The van der Waals surface area contributed by atoms with Gasteiger partial charge in [-0.25, -0.2) is 0 Å². The molecule has 0 radical (unpaired) electrons. The molecule has 0 spiro atoms. The highest BCUT2D eigenvalue weighted by molar-refractivity contribution is 7.85. The van der Waals surface area contributed by atoms with Gasteiger partial charge in [-0.1, -0.05) is 11.6 Å². The molecule has 2 rings (SSSR count). The number of nitrogens with one attached hydrogen (secondary N) is 1. The zero-order valence-electron chi connectivity index (χ0n) is 12.7. The number of halogens is 1. The Labute approximate surface area is 143 Å². The number of ether oxygens (including phenoxy) is 2. The average molecular weight is 372 g/mol. The summed E-state index contributed by atoms with van der Waals surface area (Å²) in [5, 5.41) is 2.60. The van der Waals surface area contributed by atoms with Crippen molar-refractivity contribution in [2.75, 3.05) is 19.5 Å². The Kier molecular flexibility index (Phi) is 5.33. The highest BCUT2D eigenvalue weighted by Gasteiger charge is 2.15. The predicted molar refractivity (Wildman–Crippen MR) is 88.8 cm³/mol. The van der Waals surface area contributed by atoms with Crippen molar-refractivity contribution in [2.24, 2.45) is 0 Å². The summed E-state index contributed by atoms with van der Waals surface area (Å²) in [5.74, 6) is 0.274. The van der Waals surface area contributed by atoms with Crippen molar-refractivity contribution >= 4 is 33.3 Å². The number of carbonyl (C=O) groups is 1. The normalized spacial score (nSPS) is 11.0. The lowest BCUT2D eigenvalue weighted by Crippen LogP contribution is -2.13. The second-order valence-corrected chi connectivity index (χ2v) is 6.50. The summed E-state index contributed by atoms with van der Waals surface area (Å²) >= 11 is 5.95. The quantitative estimate of drug-likeness (QED) is 0.783. The van der Waals surface area contributed by atoms with Gasteiger partial charge in [-0.3, -0.25) is 9.35 Å². The van der Waals surface area contributed by atoms with E-state index in [4.69, 9.17) is 25.6 Å². The molecule has 0 saturated carbocycles. The summed E-state index contributed by atoms with van der Waals surface area (Å²) in [6.45, 7) is 0. The number of methoxy groups -OCH3 is 2. The molecule has 0 unspecified atom stereocenters. The molecule has 2 aromatic carbocycles. The van der Waals surface area contributed by atoms with Gasteiger partial charge in [-0.2, -0.15) is 8.42 Å². The van der Waals surface area contributed by atoms with E-state index in [1.807, 2.05) is 0 Å². The van der Waals surface area contributed by atoms with Crippen LogP contribution in [0.2, 0.25) is 5.02 Å². The van der Waals surface area contributed by atoms with Crippen molar-refractivity contribution in [1.82, 2.24) is 0 Å². The summed E-state index contributed by atoms with van der Waals surface area (Å²) in [4.78, 5) is 12.0. The molecule has 0 aromatic heterocycles. The summed E-state index contributed by atoms with van der Waals surface area (Å²) < 4.78 is 41.6. The van der Waals surface area contributed by atoms with Gasteiger partial charge in [0, 0.05) is 11.6 Å². The molecule has 24 heavy (non-hydrogen) atoms. The molecule has 7 nitrogen and oxygen atoms in total. The summed E-state index contributed by atoms with van der Waals surface area (Å²) in [5.41, 5.74) is 0.262. The van der Waals surface area contributed by atoms with E-state index in [2.05, 4.69) is 5.32 Å². The number of rotatable bonds is 5. The lowest BCUT2D eigenvalue weighted by atomic mass is 10.2. The topological polar surface area (TPSA) is 102 Å². The van der Waals surface area contributed by atoms with E-state index in [9.17, 15) is 13.2 Å². The minimum atomic E-state index is -4.41. The molecule has 0 aliphatic carbocycles. The van der Waals surface area contributed by atoms with Crippen molar-refractivity contribution in [3.05, 3.63) is 47.0 Å². The van der Waals surface area contributed by atoms with Crippen molar-refractivity contribution in [1.29, 1.82) is 0 Å². The molecule has 0 heterocycles. The second-order valence-electron chi connectivity index (χ2n) is 4.67. The van der Waals surface area contributed by atoms with Gasteiger partial charge in [0.25, 0.3) is 16.0 Å². The van der Waals surface area contributed by atoms with Gasteiger partial charge in [0.2, 0.25) is 0 Å². The second kappa shape index (κ2) is 7.08. The van der Waals surface area contributed by atoms with Gasteiger partial charge in [-0.15, -0.1) is 0 Å². The zero-order valence-corrected chi connectivity index (χ0v) is 14.3. The third-order valence-electron chi connectivity index (χ3n) is 3.10. The Morgan fingerprint density at radius 1 is 1.08 bits per heavy atom. The van der Waals surface area contributed by atoms with Crippen LogP contribution in [0.15, 0.2) is 41.3 Å². The van der Waals surface area contributed by atoms with E-state index in [1.165, 1.54) is 32.4 Å². The molecule has 2 N–H and O–H groups in total. The molecular formula is C15H14ClNO6S. The third kappa shape index (κ3) is 4.16. The number of anilines is 1. The van der Waals surface area contributed by atoms with Crippen LogP contribution >= 0.6 is 11.6 Å². The van der Waals surface area contributed by atoms with Gasteiger partial charge in [-0.05, 0) is 30.3 Å². The lowest BCUT2D eigenvalue weighted by Gasteiger charge is -2.11. The lowest BCUT2D eigenvalue weighted by molar-refractivity contribution is 0.102. The molecule has 0 aliphatic rings. The van der Waals surface area contributed by atoms with E-state index in [1.54, 1.807) is 6.07 Å². The molecule has 0 atom stereocenters. The Morgan fingerprint density at radius 2 is 1.67 bits per heavy atom. The van der Waals surface area contributed by atoms with Gasteiger partial charge in [0.1, 0.15) is 11.5 Å². The van der Waals surface area contributed by atoms with Crippen LogP contribution in [0.1, 0.15) is 10.4 Å². The third-order valence-corrected chi connectivity index (χ3v) is 4.28. The molecule has 0 bridgehead atoms. The molecule has 1 amide bonds. The van der Waals surface area contributed by atoms with E-state index in [0.717, 1.165) is 12.1 Å². The molecule has 0 fully saturated rings. The largest absolute Gasteiger partial charge is 0.497 e. The van der Waals surface area contributed by atoms with E-state index < -0.39 is 16.0 Å². The number of benzene rings is 2. The number of hydrogen-bond acceptors (Lipinski definition) is 5. The first-order valence-electron chi connectivity index (χ1n) is 6.56. The summed E-state index contributed by atoms with van der Waals surface area (Å²) in [6, 6.07) is 8.01. The molecule has 128 valence electrons. The first-order chi connectivity index (χ1) is 11.2. The number of amides is 1. The Hall–Kier alpha value is -2.29. The van der Waals surface area contributed by atoms with E-state index in [-0.39, 0.29) is 21.2 Å². The van der Waals surface area contributed by atoms with Crippen molar-refractivity contribution in [3.63, 3.8) is 0 Å². The molecule has 9 heteroatoms. The Balaban J connectivity index is 2.36. The fourth-order valence-corrected chi connectivity index (χ4v) is 2.57. The van der Waals surface area contributed by atoms with Crippen LogP contribution in [0.4, 0.5) is 5.69 Å². The van der Waals surface area contributed by atoms with Crippen molar-refractivity contribution < 1.29 is 27.2 Å². The summed E-state index contributed by atoms with van der Waals surface area (Å²) in [7, 11) is -1.52. The molecule has 0 saturated heterocycles. The zero-order chi connectivity index (χ0) is 17.9. The van der Waals surface area contributed by atoms with Crippen LogP contribution in [-0.2, 0) is 10.1 Å². The molecule has 0 aliphatic heterocycles. The van der Waals surface area contributed by atoms with Crippen LogP contribution in [0.3, 0.4) is 0 Å². The van der Waals surface area contributed by atoms with Gasteiger partial charge >= 0.3 is 0 Å². The highest BCUT2D eigenvalue weighted by Crippen LogP contribution is 2.27. The highest BCUT2D eigenvalue weighted by atomic mass is 35.5. The van der Waals surface area contributed by atoms with Gasteiger partial charge < -0.3 is 14.8 Å². The van der Waals surface area contributed by atoms with Crippen LogP contribution in [0.5, 0.6) is 11.5 Å². The maximum absolute atomic E-state index is 12.4. The predicted octanol–water partition coefficient (Wildman–Crippen LogP) is 2.86. The smallest absolute Gasteiger partial charge is 0.294 e. The SMILES string of the molecule is COc1cc(OC)cc(C(=O)Nc2cc(S(=O)(=O)O)ccc2Cl)c1. The van der Waals surface area contributed by atoms with Gasteiger partial charge in [0.15, 0.2) is 0 Å². The number of hydrogen-bond donors (Lipinski definition) is 2. The van der Waals surface area contributed by atoms with Gasteiger partial charge in [0.05, 0.1) is 29.8 Å². The Morgan fingerprint density at radius 3 is 2.17 bits per heavy atom. The summed E-state index contributed by atoms with van der Waals surface area (Å²) in [6.07, 6.45) is 0. The number of carbonyl (C=O) groups excluding carboxylic acids is 1. The van der Waals surface area contributed by atoms with Crippen LogP contribution in [-0.4, -0.2) is 33.1 Å². The standard InChI is InChI=1S/C15H14ClNO6S/c1-22-10-5-9(6-11(7-10)23-2)15(18)17-14-8-12(24(19,20)21)3-4-13(14)16/h3-8H,1-2H3,(H,17,18)(H,19,20,21). The maximum Gasteiger partial charge on any atom is 0.294 e. The van der Waals surface area contributed by atoms with E-state index in [0.29, 0.717) is 11.5 Å². The van der Waals surface area contributed by atoms with Crippen molar-refractivity contribution in [2.45, 2.75) is 4.90 Å². The minimum absolute atomic E-state index is 0.0404. The van der Waals surface area contributed by atoms with E-state index >= 15 is 0 Å². The van der Waals surface area contributed by atoms with Crippen LogP contribution in [0, 0.1) is 0 Å². The van der Waals surface area contributed by atoms with Crippen LogP contribution < -0.4 is 14.8 Å². The fraction of sp³-hybridized carbons (Fsp3) is 0.133. The first kappa shape index (κ1) is 18.1. The monoisotopic (exact) mass is 371 g/mol.